The Morgan fingerprint density at radius 3 is 2.58 bits per heavy atom. The third-order valence-corrected chi connectivity index (χ3v) is 2.20. The fraction of sp³-hybridized carbons (Fsp3) is 0.333. The van der Waals surface area contributed by atoms with Crippen molar-refractivity contribution in [3.63, 3.8) is 0 Å². The summed E-state index contributed by atoms with van der Waals surface area (Å²) in [5, 5.41) is 0. The van der Waals surface area contributed by atoms with Crippen molar-refractivity contribution in [1.29, 1.82) is 0 Å². The first-order valence-electron chi connectivity index (χ1n) is 3.86. The minimum absolute atomic E-state index is 0.0544. The van der Waals surface area contributed by atoms with Crippen molar-refractivity contribution in [1.82, 2.24) is 0 Å². The maximum Gasteiger partial charge on any atom is 0.0419 e. The lowest BCUT2D eigenvalue weighted by molar-refractivity contribution is 0.736. The Morgan fingerprint density at radius 2 is 2.08 bits per heavy atom. The van der Waals surface area contributed by atoms with Gasteiger partial charge in [0, 0.05) is 17.1 Å². The monoisotopic (exact) mass is 228 g/mol. The van der Waals surface area contributed by atoms with Gasteiger partial charge in [-0.3, -0.25) is 0 Å². The van der Waals surface area contributed by atoms with Gasteiger partial charge in [0.2, 0.25) is 0 Å². The van der Waals surface area contributed by atoms with Crippen LogP contribution in [-0.4, -0.2) is 6.54 Å². The molecule has 0 aliphatic rings. The molecule has 0 aliphatic carbocycles. The van der Waals surface area contributed by atoms with Gasteiger partial charge in [-0.25, -0.2) is 0 Å². The molecular weight excluding hydrogens is 216 g/mol. The van der Waals surface area contributed by atoms with Crippen LogP contribution < -0.4 is 11.5 Å². The van der Waals surface area contributed by atoms with Gasteiger partial charge in [0.05, 0.1) is 0 Å². The van der Waals surface area contributed by atoms with Gasteiger partial charge in [0.15, 0.2) is 0 Å². The quantitative estimate of drug-likeness (QED) is 0.811. The fourth-order valence-corrected chi connectivity index (χ4v) is 1.74. The largest absolute Gasteiger partial charge is 0.329 e. The lowest BCUT2D eigenvalue weighted by atomic mass is 10.1. The van der Waals surface area contributed by atoms with E-state index in [-0.39, 0.29) is 6.04 Å². The maximum absolute atomic E-state index is 5.79. The van der Waals surface area contributed by atoms with Crippen molar-refractivity contribution in [3.8, 4) is 0 Å². The minimum atomic E-state index is -0.0544. The van der Waals surface area contributed by atoms with Crippen LogP contribution >= 0.6 is 15.9 Å². The van der Waals surface area contributed by atoms with Crippen LogP contribution in [0.4, 0.5) is 0 Å². The molecule has 1 rings (SSSR count). The number of aryl methyl sites for hydroxylation is 1. The molecule has 0 radical (unpaired) electrons. The molecule has 3 heteroatoms. The van der Waals surface area contributed by atoms with E-state index in [0.29, 0.717) is 6.54 Å². The number of benzene rings is 1. The van der Waals surface area contributed by atoms with Gasteiger partial charge < -0.3 is 11.5 Å². The molecule has 0 saturated carbocycles. The van der Waals surface area contributed by atoms with Crippen LogP contribution in [0.2, 0.25) is 0 Å². The molecule has 0 aliphatic heterocycles. The highest BCUT2D eigenvalue weighted by atomic mass is 79.9. The summed E-state index contributed by atoms with van der Waals surface area (Å²) < 4.78 is 1.06. The molecule has 0 aromatic heterocycles. The molecule has 0 unspecified atom stereocenters. The summed E-state index contributed by atoms with van der Waals surface area (Å²) in [6.45, 7) is 2.52. The summed E-state index contributed by atoms with van der Waals surface area (Å²) in [6, 6.07) is 6.06. The van der Waals surface area contributed by atoms with Crippen LogP contribution in [0.15, 0.2) is 22.7 Å². The van der Waals surface area contributed by atoms with E-state index in [1.54, 1.807) is 0 Å². The molecule has 12 heavy (non-hydrogen) atoms. The van der Waals surface area contributed by atoms with Crippen molar-refractivity contribution in [2.75, 3.05) is 6.54 Å². The van der Waals surface area contributed by atoms with Gasteiger partial charge in [-0.15, -0.1) is 0 Å². The van der Waals surface area contributed by atoms with Crippen molar-refractivity contribution >= 4 is 15.9 Å². The summed E-state index contributed by atoms with van der Waals surface area (Å²) in [6.07, 6.45) is 0. The molecule has 0 heterocycles. The summed E-state index contributed by atoms with van der Waals surface area (Å²) in [7, 11) is 0. The zero-order valence-corrected chi connectivity index (χ0v) is 8.64. The second kappa shape index (κ2) is 4.03. The Bertz CT molecular complexity index is 253. The van der Waals surface area contributed by atoms with E-state index >= 15 is 0 Å². The average molecular weight is 229 g/mol. The zero-order chi connectivity index (χ0) is 9.14. The van der Waals surface area contributed by atoms with E-state index < -0.39 is 0 Å². The Balaban J connectivity index is 3.00. The summed E-state index contributed by atoms with van der Waals surface area (Å²) in [5.41, 5.74) is 13.5. The second-order valence-corrected chi connectivity index (χ2v) is 3.82. The maximum atomic E-state index is 5.79. The minimum Gasteiger partial charge on any atom is -0.329 e. The lowest BCUT2D eigenvalue weighted by Gasteiger charge is -2.10. The van der Waals surface area contributed by atoms with E-state index in [1.807, 2.05) is 19.1 Å². The van der Waals surface area contributed by atoms with Gasteiger partial charge in [-0.1, -0.05) is 22.0 Å². The van der Waals surface area contributed by atoms with E-state index in [2.05, 4.69) is 22.0 Å². The van der Waals surface area contributed by atoms with Gasteiger partial charge in [-0.05, 0) is 30.2 Å². The summed E-state index contributed by atoms with van der Waals surface area (Å²) >= 11 is 3.41. The first-order valence-corrected chi connectivity index (χ1v) is 4.65. The molecule has 0 amide bonds. The highest BCUT2D eigenvalue weighted by molar-refractivity contribution is 9.10. The zero-order valence-electron chi connectivity index (χ0n) is 7.05. The normalized spacial score (nSPS) is 13.0. The highest BCUT2D eigenvalue weighted by Crippen LogP contribution is 2.18. The molecule has 1 aromatic carbocycles. The van der Waals surface area contributed by atoms with Crippen LogP contribution in [0.1, 0.15) is 17.2 Å². The second-order valence-electron chi connectivity index (χ2n) is 2.90. The third kappa shape index (κ3) is 2.30. The Morgan fingerprint density at radius 1 is 1.42 bits per heavy atom. The molecule has 0 spiro atoms. The number of rotatable bonds is 2. The fourth-order valence-electron chi connectivity index (χ4n) is 1.11. The number of halogens is 1. The third-order valence-electron chi connectivity index (χ3n) is 1.75. The van der Waals surface area contributed by atoms with E-state index in [0.717, 1.165) is 10.0 Å². The SMILES string of the molecule is Cc1cc(Br)cc([C@H](N)CN)c1. The molecule has 4 N–H and O–H groups in total. The van der Waals surface area contributed by atoms with Gasteiger partial charge in [0.25, 0.3) is 0 Å². The van der Waals surface area contributed by atoms with Crippen LogP contribution in [0.3, 0.4) is 0 Å². The molecule has 66 valence electrons. The van der Waals surface area contributed by atoms with Crippen molar-refractivity contribution < 1.29 is 0 Å². The smallest absolute Gasteiger partial charge is 0.0419 e. The number of hydrogen-bond acceptors (Lipinski definition) is 2. The molecular formula is C9H13BrN2. The van der Waals surface area contributed by atoms with Crippen LogP contribution in [0, 0.1) is 6.92 Å². The molecule has 0 saturated heterocycles. The Hall–Kier alpha value is -0.380. The van der Waals surface area contributed by atoms with E-state index in [9.17, 15) is 0 Å². The van der Waals surface area contributed by atoms with Crippen molar-refractivity contribution in [2.45, 2.75) is 13.0 Å². The van der Waals surface area contributed by atoms with Gasteiger partial charge >= 0.3 is 0 Å². The number of nitrogens with two attached hydrogens (primary N) is 2. The predicted molar refractivity (Wildman–Crippen MR) is 54.9 cm³/mol. The summed E-state index contributed by atoms with van der Waals surface area (Å²) in [5.74, 6) is 0. The highest BCUT2D eigenvalue weighted by Gasteiger charge is 2.04. The molecule has 0 bridgehead atoms. The Labute approximate surface area is 81.1 Å². The first-order chi connectivity index (χ1) is 5.63. The van der Waals surface area contributed by atoms with Gasteiger partial charge in [-0.2, -0.15) is 0 Å². The molecule has 1 atom stereocenters. The average Bonchev–Trinajstić information content (AvgIpc) is 2.01. The van der Waals surface area contributed by atoms with E-state index in [1.165, 1.54) is 5.56 Å². The molecule has 1 aromatic rings. The standard InChI is InChI=1S/C9H13BrN2/c1-6-2-7(9(12)5-11)4-8(10)3-6/h2-4,9H,5,11-12H2,1H3/t9-/m1/s1. The lowest BCUT2D eigenvalue weighted by Crippen LogP contribution is -2.20. The first kappa shape index (κ1) is 9.71. The van der Waals surface area contributed by atoms with Gasteiger partial charge in [0.1, 0.15) is 0 Å². The molecule has 0 fully saturated rings. The van der Waals surface area contributed by atoms with Crippen molar-refractivity contribution in [3.05, 3.63) is 33.8 Å². The van der Waals surface area contributed by atoms with Crippen LogP contribution in [0.25, 0.3) is 0 Å². The topological polar surface area (TPSA) is 52.0 Å². The summed E-state index contributed by atoms with van der Waals surface area (Å²) in [4.78, 5) is 0. The predicted octanol–water partition coefficient (Wildman–Crippen LogP) is 1.72. The van der Waals surface area contributed by atoms with Crippen LogP contribution in [0.5, 0.6) is 0 Å². The Kier molecular flexibility index (Phi) is 3.26. The molecule has 2 nitrogen and oxygen atoms in total. The van der Waals surface area contributed by atoms with Crippen LogP contribution in [-0.2, 0) is 0 Å². The number of hydrogen-bond donors (Lipinski definition) is 2. The van der Waals surface area contributed by atoms with E-state index in [4.69, 9.17) is 11.5 Å². The van der Waals surface area contributed by atoms with Crippen molar-refractivity contribution in [2.24, 2.45) is 11.5 Å².